The molecule has 0 saturated carbocycles. The number of rotatable bonds is 2. The van der Waals surface area contributed by atoms with Crippen LogP contribution in [0, 0.1) is 20.8 Å². The van der Waals surface area contributed by atoms with Crippen LogP contribution in [0.1, 0.15) is 43.2 Å². The predicted octanol–water partition coefficient (Wildman–Crippen LogP) is 4.41. The summed E-state index contributed by atoms with van der Waals surface area (Å²) in [6.07, 6.45) is 0. The monoisotopic (exact) mass is 283 g/mol. The molecule has 0 aliphatic carbocycles. The van der Waals surface area contributed by atoms with E-state index in [9.17, 15) is 0 Å². The molecule has 1 heterocycles. The van der Waals surface area contributed by atoms with Gasteiger partial charge in [-0.3, -0.25) is 0 Å². The lowest BCUT2D eigenvalue weighted by Crippen LogP contribution is -2.15. The quantitative estimate of drug-likeness (QED) is 0.887. The van der Waals surface area contributed by atoms with E-state index in [0.717, 1.165) is 22.9 Å². The molecule has 2 aromatic rings. The molecule has 0 unspecified atom stereocenters. The number of aryl methyl sites for hydroxylation is 3. The fourth-order valence-corrected chi connectivity index (χ4v) is 2.60. The van der Waals surface area contributed by atoms with Crippen molar-refractivity contribution in [3.8, 4) is 11.4 Å². The molecule has 0 saturated heterocycles. The summed E-state index contributed by atoms with van der Waals surface area (Å²) in [6, 6.07) is 6.41. The van der Waals surface area contributed by atoms with Crippen LogP contribution < -0.4 is 5.32 Å². The first-order chi connectivity index (χ1) is 9.72. The number of anilines is 1. The Bertz CT molecular complexity index is 644. The summed E-state index contributed by atoms with van der Waals surface area (Å²) in [5.41, 5.74) is 5.91. The zero-order chi connectivity index (χ0) is 15.8. The Hall–Kier alpha value is -1.90. The second kappa shape index (κ2) is 5.47. The Morgan fingerprint density at radius 3 is 1.95 bits per heavy atom. The molecule has 0 amide bonds. The highest BCUT2D eigenvalue weighted by Crippen LogP contribution is 2.29. The zero-order valence-electron chi connectivity index (χ0n) is 14.1. The van der Waals surface area contributed by atoms with E-state index >= 15 is 0 Å². The molecule has 0 bridgehead atoms. The van der Waals surface area contributed by atoms with E-state index < -0.39 is 0 Å². The Balaban J connectivity index is 2.70. The number of hydrogen-bond donors (Lipinski definition) is 1. The van der Waals surface area contributed by atoms with Gasteiger partial charge in [-0.05, 0) is 31.9 Å². The van der Waals surface area contributed by atoms with E-state index in [1.807, 2.05) is 13.1 Å². The van der Waals surface area contributed by atoms with Crippen LogP contribution in [-0.2, 0) is 5.41 Å². The van der Waals surface area contributed by atoms with Crippen molar-refractivity contribution >= 4 is 5.82 Å². The average molecular weight is 283 g/mol. The van der Waals surface area contributed by atoms with Crippen molar-refractivity contribution in [3.05, 3.63) is 40.6 Å². The number of nitrogens with zero attached hydrogens (tertiary/aromatic N) is 2. The summed E-state index contributed by atoms with van der Waals surface area (Å²) in [5, 5.41) is 3.15. The van der Waals surface area contributed by atoms with Gasteiger partial charge in [0.15, 0.2) is 5.82 Å². The smallest absolute Gasteiger partial charge is 0.162 e. The molecule has 1 N–H and O–H groups in total. The first-order valence-electron chi connectivity index (χ1n) is 7.38. The molecule has 1 aromatic carbocycles. The highest BCUT2D eigenvalue weighted by molar-refractivity contribution is 5.66. The molecule has 1 aromatic heterocycles. The summed E-state index contributed by atoms with van der Waals surface area (Å²) in [6.45, 7) is 12.9. The van der Waals surface area contributed by atoms with E-state index in [1.165, 1.54) is 16.7 Å². The summed E-state index contributed by atoms with van der Waals surface area (Å²) in [7, 11) is 1.90. The number of nitrogens with one attached hydrogen (secondary N) is 1. The largest absolute Gasteiger partial charge is 0.373 e. The van der Waals surface area contributed by atoms with Gasteiger partial charge in [-0.2, -0.15) is 0 Å². The molecule has 0 fully saturated rings. The van der Waals surface area contributed by atoms with Crippen molar-refractivity contribution in [2.45, 2.75) is 47.0 Å². The number of aromatic nitrogens is 2. The van der Waals surface area contributed by atoms with Crippen LogP contribution in [0.25, 0.3) is 11.4 Å². The topological polar surface area (TPSA) is 37.8 Å². The molecule has 0 aliphatic rings. The van der Waals surface area contributed by atoms with Crippen LogP contribution >= 0.6 is 0 Å². The highest BCUT2D eigenvalue weighted by Gasteiger charge is 2.19. The van der Waals surface area contributed by atoms with Crippen molar-refractivity contribution in [1.82, 2.24) is 9.97 Å². The fraction of sp³-hybridized carbons (Fsp3) is 0.444. The van der Waals surface area contributed by atoms with Crippen LogP contribution in [0.4, 0.5) is 5.82 Å². The zero-order valence-corrected chi connectivity index (χ0v) is 14.1. The van der Waals surface area contributed by atoms with E-state index in [-0.39, 0.29) is 5.41 Å². The average Bonchev–Trinajstić information content (AvgIpc) is 2.36. The molecule has 112 valence electrons. The Morgan fingerprint density at radius 1 is 0.905 bits per heavy atom. The minimum Gasteiger partial charge on any atom is -0.373 e. The first-order valence-corrected chi connectivity index (χ1v) is 7.38. The van der Waals surface area contributed by atoms with Crippen molar-refractivity contribution in [3.63, 3.8) is 0 Å². The van der Waals surface area contributed by atoms with Gasteiger partial charge < -0.3 is 5.32 Å². The minimum atomic E-state index is -0.00417. The molecule has 0 aliphatic heterocycles. The van der Waals surface area contributed by atoms with Gasteiger partial charge in [-0.15, -0.1) is 0 Å². The van der Waals surface area contributed by atoms with Crippen molar-refractivity contribution in [2.24, 2.45) is 0 Å². The third-order valence-electron chi connectivity index (χ3n) is 3.65. The van der Waals surface area contributed by atoms with E-state index in [2.05, 4.69) is 64.0 Å². The third kappa shape index (κ3) is 3.23. The van der Waals surface area contributed by atoms with Crippen LogP contribution in [0.2, 0.25) is 0 Å². The van der Waals surface area contributed by atoms with Crippen molar-refractivity contribution in [1.29, 1.82) is 0 Å². The summed E-state index contributed by atoms with van der Waals surface area (Å²) < 4.78 is 0. The lowest BCUT2D eigenvalue weighted by molar-refractivity contribution is 0.568. The lowest BCUT2D eigenvalue weighted by Gasteiger charge is -2.20. The maximum absolute atomic E-state index is 4.82. The van der Waals surface area contributed by atoms with Gasteiger partial charge in [-0.1, -0.05) is 38.5 Å². The van der Waals surface area contributed by atoms with Crippen LogP contribution in [-0.4, -0.2) is 17.0 Å². The van der Waals surface area contributed by atoms with Crippen molar-refractivity contribution in [2.75, 3.05) is 12.4 Å². The second-order valence-electron chi connectivity index (χ2n) is 6.74. The molecule has 2 rings (SSSR count). The lowest BCUT2D eigenvalue weighted by atomic mass is 9.91. The molecule has 0 spiro atoms. The highest BCUT2D eigenvalue weighted by atomic mass is 15.0. The molecule has 3 heteroatoms. The van der Waals surface area contributed by atoms with Crippen LogP contribution in [0.5, 0.6) is 0 Å². The molecule has 0 radical (unpaired) electrons. The SMILES string of the molecule is CNc1cc(C(C)(C)C)nc(-c2c(C)cc(C)cc2C)n1. The van der Waals surface area contributed by atoms with Crippen LogP contribution in [0.15, 0.2) is 18.2 Å². The van der Waals surface area contributed by atoms with Gasteiger partial charge in [0.1, 0.15) is 5.82 Å². The summed E-state index contributed by atoms with van der Waals surface area (Å²) >= 11 is 0. The number of hydrogen-bond acceptors (Lipinski definition) is 3. The maximum Gasteiger partial charge on any atom is 0.162 e. The Morgan fingerprint density at radius 2 is 1.48 bits per heavy atom. The van der Waals surface area contributed by atoms with E-state index in [4.69, 9.17) is 4.98 Å². The molecule has 21 heavy (non-hydrogen) atoms. The van der Waals surface area contributed by atoms with Gasteiger partial charge in [0.2, 0.25) is 0 Å². The van der Waals surface area contributed by atoms with Gasteiger partial charge >= 0.3 is 0 Å². The fourth-order valence-electron chi connectivity index (χ4n) is 2.60. The Labute approximate surface area is 127 Å². The minimum absolute atomic E-state index is 0.00417. The van der Waals surface area contributed by atoms with Crippen molar-refractivity contribution < 1.29 is 0 Å². The second-order valence-corrected chi connectivity index (χ2v) is 6.74. The molecular weight excluding hydrogens is 258 g/mol. The van der Waals surface area contributed by atoms with Gasteiger partial charge in [0.05, 0.1) is 5.69 Å². The number of benzene rings is 1. The Kier molecular flexibility index (Phi) is 4.04. The van der Waals surface area contributed by atoms with Gasteiger partial charge in [0, 0.05) is 24.1 Å². The summed E-state index contributed by atoms with van der Waals surface area (Å²) in [4.78, 5) is 9.49. The van der Waals surface area contributed by atoms with Gasteiger partial charge in [0.25, 0.3) is 0 Å². The molecular formula is C18H25N3. The van der Waals surface area contributed by atoms with E-state index in [0.29, 0.717) is 0 Å². The normalized spacial score (nSPS) is 11.6. The predicted molar refractivity (Wildman–Crippen MR) is 89.9 cm³/mol. The van der Waals surface area contributed by atoms with E-state index in [1.54, 1.807) is 0 Å². The standard InChI is InChI=1S/C18H25N3/c1-11-8-12(2)16(13(3)9-11)17-20-14(18(4,5)6)10-15(19-7)21-17/h8-10H,1-7H3,(H,19,20,21). The first kappa shape index (κ1) is 15.5. The van der Waals surface area contributed by atoms with Gasteiger partial charge in [-0.25, -0.2) is 9.97 Å². The molecule has 3 nitrogen and oxygen atoms in total. The summed E-state index contributed by atoms with van der Waals surface area (Å²) in [5.74, 6) is 1.67. The third-order valence-corrected chi connectivity index (χ3v) is 3.65. The van der Waals surface area contributed by atoms with Crippen LogP contribution in [0.3, 0.4) is 0 Å². The maximum atomic E-state index is 4.82. The molecule has 0 atom stereocenters.